The van der Waals surface area contributed by atoms with Crippen molar-refractivity contribution in [2.45, 2.75) is 27.4 Å². The Balaban J connectivity index is 1.93. The minimum absolute atomic E-state index is 0.122. The molecule has 2 heteroatoms. The number of carbonyl (C=O) groups is 1. The van der Waals surface area contributed by atoms with Crippen molar-refractivity contribution in [2.75, 3.05) is 0 Å². The molecule has 0 saturated carbocycles. The molecule has 2 aromatic rings. The first kappa shape index (κ1) is 16.0. The first-order chi connectivity index (χ1) is 10.4. The molecular weight excluding hydrogens is 272 g/mol. The van der Waals surface area contributed by atoms with Crippen LogP contribution >= 0.6 is 0 Å². The maximum absolute atomic E-state index is 11.9. The van der Waals surface area contributed by atoms with Gasteiger partial charge in [-0.25, -0.2) is 0 Å². The van der Waals surface area contributed by atoms with Gasteiger partial charge in [-0.2, -0.15) is 0 Å². The molecule has 2 nitrogen and oxygen atoms in total. The Bertz CT molecular complexity index is 632. The van der Waals surface area contributed by atoms with Gasteiger partial charge in [0.05, 0.1) is 0 Å². The first-order valence-electron chi connectivity index (χ1n) is 7.44. The number of carbonyl (C=O) groups excluding carboxylic acids is 1. The lowest BCUT2D eigenvalue weighted by Gasteiger charge is -2.12. The van der Waals surface area contributed by atoms with Crippen LogP contribution in [-0.2, 0) is 11.4 Å². The molecule has 114 valence electrons. The molecule has 22 heavy (non-hydrogen) atoms. The summed E-state index contributed by atoms with van der Waals surface area (Å²) in [5, 5.41) is 0. The van der Waals surface area contributed by atoms with Crippen LogP contribution in [0.5, 0.6) is 5.75 Å². The largest absolute Gasteiger partial charge is 0.489 e. The summed E-state index contributed by atoms with van der Waals surface area (Å²) in [6, 6.07) is 17.8. The molecule has 0 heterocycles. The highest BCUT2D eigenvalue weighted by Gasteiger charge is 2.17. The van der Waals surface area contributed by atoms with E-state index in [9.17, 15) is 4.79 Å². The lowest BCUT2D eigenvalue weighted by molar-refractivity contribution is -0.121. The van der Waals surface area contributed by atoms with E-state index in [1.54, 1.807) is 6.08 Å². The normalized spacial score (nSPS) is 11.6. The van der Waals surface area contributed by atoms with E-state index < -0.39 is 0 Å². The van der Waals surface area contributed by atoms with E-state index in [-0.39, 0.29) is 11.2 Å². The van der Waals surface area contributed by atoms with Gasteiger partial charge in [0, 0.05) is 5.41 Å². The summed E-state index contributed by atoms with van der Waals surface area (Å²) in [7, 11) is 0. The van der Waals surface area contributed by atoms with Gasteiger partial charge in [0.25, 0.3) is 0 Å². The molecule has 0 bridgehead atoms. The molecule has 0 unspecified atom stereocenters. The molecule has 2 rings (SSSR count). The zero-order chi connectivity index (χ0) is 16.0. The molecule has 0 aromatic heterocycles. The van der Waals surface area contributed by atoms with Crippen molar-refractivity contribution in [1.29, 1.82) is 0 Å². The van der Waals surface area contributed by atoms with Crippen molar-refractivity contribution in [2.24, 2.45) is 5.41 Å². The maximum Gasteiger partial charge on any atom is 0.161 e. The molecule has 0 N–H and O–H groups in total. The van der Waals surface area contributed by atoms with E-state index in [1.165, 1.54) is 0 Å². The van der Waals surface area contributed by atoms with E-state index in [0.717, 1.165) is 16.9 Å². The second-order valence-electron chi connectivity index (χ2n) is 6.29. The number of hydrogen-bond donors (Lipinski definition) is 0. The highest BCUT2D eigenvalue weighted by Crippen LogP contribution is 2.18. The SMILES string of the molecule is CC(C)(C)C(=O)/C=C/c1ccc(OCc2ccccc2)cc1. The second-order valence-corrected chi connectivity index (χ2v) is 6.29. The Morgan fingerprint density at radius 2 is 1.64 bits per heavy atom. The predicted molar refractivity (Wildman–Crippen MR) is 90.7 cm³/mol. The average Bonchev–Trinajstić information content (AvgIpc) is 2.51. The Kier molecular flexibility index (Phi) is 5.16. The Morgan fingerprint density at radius 1 is 1.00 bits per heavy atom. The van der Waals surface area contributed by atoms with Crippen molar-refractivity contribution in [3.63, 3.8) is 0 Å². The van der Waals surface area contributed by atoms with Gasteiger partial charge in [-0.3, -0.25) is 4.79 Å². The van der Waals surface area contributed by atoms with Gasteiger partial charge in [0.2, 0.25) is 0 Å². The zero-order valence-electron chi connectivity index (χ0n) is 13.4. The van der Waals surface area contributed by atoms with E-state index >= 15 is 0 Å². The molecule has 0 radical (unpaired) electrons. The Morgan fingerprint density at radius 3 is 2.23 bits per heavy atom. The fourth-order valence-corrected chi connectivity index (χ4v) is 1.84. The van der Waals surface area contributed by atoms with Gasteiger partial charge < -0.3 is 4.74 Å². The second kappa shape index (κ2) is 7.08. The number of ketones is 1. The standard InChI is InChI=1S/C20H22O2/c1-20(2,3)19(21)14-11-16-9-12-18(13-10-16)22-15-17-7-5-4-6-8-17/h4-14H,15H2,1-3H3/b14-11+. The number of allylic oxidation sites excluding steroid dienone is 1. The first-order valence-corrected chi connectivity index (χ1v) is 7.44. The molecule has 0 aliphatic heterocycles. The van der Waals surface area contributed by atoms with Crippen LogP contribution in [0.1, 0.15) is 31.9 Å². The van der Waals surface area contributed by atoms with Crippen LogP contribution in [0.3, 0.4) is 0 Å². The van der Waals surface area contributed by atoms with Crippen molar-refractivity contribution in [1.82, 2.24) is 0 Å². The fourth-order valence-electron chi connectivity index (χ4n) is 1.84. The van der Waals surface area contributed by atoms with Crippen LogP contribution in [-0.4, -0.2) is 5.78 Å². The molecule has 0 amide bonds. The Labute approximate surface area is 132 Å². The summed E-state index contributed by atoms with van der Waals surface area (Å²) in [5.41, 5.74) is 1.79. The number of benzene rings is 2. The third-order valence-electron chi connectivity index (χ3n) is 3.29. The van der Waals surface area contributed by atoms with Crippen molar-refractivity contribution in [3.05, 3.63) is 71.8 Å². The van der Waals surface area contributed by atoms with Crippen LogP contribution < -0.4 is 4.74 Å². The summed E-state index contributed by atoms with van der Waals surface area (Å²) in [5.74, 6) is 0.944. The topological polar surface area (TPSA) is 26.3 Å². The van der Waals surface area contributed by atoms with Crippen molar-refractivity contribution in [3.8, 4) is 5.75 Å². The highest BCUT2D eigenvalue weighted by molar-refractivity contribution is 5.97. The van der Waals surface area contributed by atoms with Crippen LogP contribution in [0.2, 0.25) is 0 Å². The van der Waals surface area contributed by atoms with Gasteiger partial charge in [0.1, 0.15) is 12.4 Å². The van der Waals surface area contributed by atoms with Gasteiger partial charge >= 0.3 is 0 Å². The van der Waals surface area contributed by atoms with E-state index in [1.807, 2.05) is 81.4 Å². The van der Waals surface area contributed by atoms with Crippen LogP contribution in [0, 0.1) is 5.41 Å². The molecule has 0 aliphatic carbocycles. The lowest BCUT2D eigenvalue weighted by atomic mass is 9.90. The molecule has 0 spiro atoms. The molecule has 0 atom stereocenters. The minimum atomic E-state index is -0.338. The summed E-state index contributed by atoms with van der Waals surface area (Å²) in [6.45, 7) is 6.30. The summed E-state index contributed by atoms with van der Waals surface area (Å²) in [4.78, 5) is 11.9. The Hall–Kier alpha value is -2.35. The summed E-state index contributed by atoms with van der Waals surface area (Å²) in [6.07, 6.45) is 3.48. The average molecular weight is 294 g/mol. The molecule has 2 aromatic carbocycles. The van der Waals surface area contributed by atoms with Crippen molar-refractivity contribution < 1.29 is 9.53 Å². The fraction of sp³-hybridized carbons (Fsp3) is 0.250. The number of hydrogen-bond acceptors (Lipinski definition) is 2. The molecule has 0 aliphatic rings. The quantitative estimate of drug-likeness (QED) is 0.734. The smallest absolute Gasteiger partial charge is 0.161 e. The van der Waals surface area contributed by atoms with Crippen LogP contribution in [0.4, 0.5) is 0 Å². The van der Waals surface area contributed by atoms with Gasteiger partial charge in [0.15, 0.2) is 5.78 Å². The summed E-state index contributed by atoms with van der Waals surface area (Å²) >= 11 is 0. The molecule has 0 saturated heterocycles. The summed E-state index contributed by atoms with van der Waals surface area (Å²) < 4.78 is 5.74. The van der Waals surface area contributed by atoms with E-state index in [4.69, 9.17) is 4.74 Å². The molecular formula is C20H22O2. The predicted octanol–water partition coefficient (Wildman–Crippen LogP) is 4.89. The van der Waals surface area contributed by atoms with E-state index in [2.05, 4.69) is 0 Å². The van der Waals surface area contributed by atoms with Crippen molar-refractivity contribution >= 4 is 11.9 Å². The number of rotatable bonds is 5. The molecule has 0 fully saturated rings. The highest BCUT2D eigenvalue weighted by atomic mass is 16.5. The lowest BCUT2D eigenvalue weighted by Crippen LogP contribution is -2.17. The third-order valence-corrected chi connectivity index (χ3v) is 3.29. The monoisotopic (exact) mass is 294 g/mol. The van der Waals surface area contributed by atoms with Gasteiger partial charge in [-0.1, -0.05) is 69.3 Å². The zero-order valence-corrected chi connectivity index (χ0v) is 13.4. The van der Waals surface area contributed by atoms with E-state index in [0.29, 0.717) is 6.61 Å². The van der Waals surface area contributed by atoms with Crippen LogP contribution in [0.15, 0.2) is 60.7 Å². The maximum atomic E-state index is 11.9. The van der Waals surface area contributed by atoms with Gasteiger partial charge in [-0.05, 0) is 29.3 Å². The minimum Gasteiger partial charge on any atom is -0.489 e. The van der Waals surface area contributed by atoms with Crippen LogP contribution in [0.25, 0.3) is 6.08 Å². The number of ether oxygens (including phenoxy) is 1. The van der Waals surface area contributed by atoms with Gasteiger partial charge in [-0.15, -0.1) is 0 Å². The third kappa shape index (κ3) is 4.88.